The van der Waals surface area contributed by atoms with Crippen LogP contribution in [0.3, 0.4) is 0 Å². The highest BCUT2D eigenvalue weighted by Gasteiger charge is 2.34. The first-order valence-electron chi connectivity index (χ1n) is 8.94. The summed E-state index contributed by atoms with van der Waals surface area (Å²) in [5.74, 6) is 0.180. The minimum absolute atomic E-state index is 0.0404. The van der Waals surface area contributed by atoms with Crippen molar-refractivity contribution in [2.24, 2.45) is 0 Å². The molecule has 2 fully saturated rings. The number of carbonyl (C=O) groups is 1. The monoisotopic (exact) mass is 366 g/mol. The highest BCUT2D eigenvalue weighted by atomic mass is 32.2. The molecule has 2 saturated heterocycles. The first-order valence-corrected chi connectivity index (χ1v) is 10.4. The molecule has 0 spiro atoms. The summed E-state index contributed by atoms with van der Waals surface area (Å²) in [5, 5.41) is 0. The van der Waals surface area contributed by atoms with Gasteiger partial charge in [-0.1, -0.05) is 6.42 Å². The predicted octanol–water partition coefficient (Wildman–Crippen LogP) is 2.49. The lowest BCUT2D eigenvalue weighted by Gasteiger charge is -2.32. The second-order valence-corrected chi connectivity index (χ2v) is 8.68. The van der Waals surface area contributed by atoms with Gasteiger partial charge in [0.15, 0.2) is 0 Å². The van der Waals surface area contributed by atoms with Crippen LogP contribution < -0.4 is 4.74 Å². The summed E-state index contributed by atoms with van der Waals surface area (Å²) in [6, 6.07) is 4.68. The molecule has 0 aromatic heterocycles. The van der Waals surface area contributed by atoms with Gasteiger partial charge in [-0.05, 0) is 50.8 Å². The lowest BCUT2D eigenvalue weighted by atomic mass is 10.1. The molecule has 0 radical (unpaired) electrons. The normalized spacial score (nSPS) is 22.2. The Kier molecular flexibility index (Phi) is 5.34. The zero-order valence-electron chi connectivity index (χ0n) is 14.9. The topological polar surface area (TPSA) is 66.9 Å². The van der Waals surface area contributed by atoms with Gasteiger partial charge in [0, 0.05) is 31.2 Å². The van der Waals surface area contributed by atoms with Gasteiger partial charge in [0.25, 0.3) is 5.91 Å². The highest BCUT2D eigenvalue weighted by molar-refractivity contribution is 7.89. The predicted molar refractivity (Wildman–Crippen MR) is 95.3 cm³/mol. The number of sulfonamides is 1. The molecule has 0 aliphatic carbocycles. The molecule has 6 nitrogen and oxygen atoms in total. The molecular formula is C18H26N2O4S. The van der Waals surface area contributed by atoms with E-state index in [4.69, 9.17) is 4.74 Å². The SMILES string of the molecule is COc1ccc(C(=O)N2CCCC2)cc1S(=O)(=O)N1CCCC[C@@H]1C. The van der Waals surface area contributed by atoms with Gasteiger partial charge in [0.05, 0.1) is 7.11 Å². The van der Waals surface area contributed by atoms with Crippen LogP contribution in [0.25, 0.3) is 0 Å². The van der Waals surface area contributed by atoms with Crippen LogP contribution in [0.4, 0.5) is 0 Å². The lowest BCUT2D eigenvalue weighted by molar-refractivity contribution is 0.0792. The van der Waals surface area contributed by atoms with Gasteiger partial charge in [0.1, 0.15) is 10.6 Å². The second kappa shape index (κ2) is 7.33. The standard InChI is InChI=1S/C18H26N2O4S/c1-14-7-3-4-12-20(14)25(22,23)17-13-15(8-9-16(17)24-2)18(21)19-10-5-6-11-19/h8-9,13-14H,3-7,10-12H2,1-2H3/t14-/m0/s1. The zero-order chi connectivity index (χ0) is 18.0. The van der Waals surface area contributed by atoms with E-state index in [0.717, 1.165) is 45.2 Å². The number of hydrogen-bond donors (Lipinski definition) is 0. The molecular weight excluding hydrogens is 340 g/mol. The number of likely N-dealkylation sites (tertiary alicyclic amines) is 1. The van der Waals surface area contributed by atoms with Crippen molar-refractivity contribution in [1.29, 1.82) is 0 Å². The van der Waals surface area contributed by atoms with Crippen molar-refractivity contribution in [3.05, 3.63) is 23.8 Å². The number of nitrogens with zero attached hydrogens (tertiary/aromatic N) is 2. The number of hydrogen-bond acceptors (Lipinski definition) is 4. The Bertz CT molecular complexity index is 741. The Morgan fingerprint density at radius 2 is 1.80 bits per heavy atom. The summed E-state index contributed by atoms with van der Waals surface area (Å²) in [6.07, 6.45) is 4.75. The van der Waals surface area contributed by atoms with E-state index in [1.807, 2.05) is 6.92 Å². The third-order valence-corrected chi connectivity index (χ3v) is 7.17. The van der Waals surface area contributed by atoms with Crippen molar-refractivity contribution in [2.75, 3.05) is 26.7 Å². The maximum absolute atomic E-state index is 13.2. The average molecular weight is 366 g/mol. The molecule has 1 atom stereocenters. The fourth-order valence-electron chi connectivity index (χ4n) is 3.67. The number of benzene rings is 1. The zero-order valence-corrected chi connectivity index (χ0v) is 15.7. The van der Waals surface area contributed by atoms with Crippen molar-refractivity contribution in [3.8, 4) is 5.75 Å². The van der Waals surface area contributed by atoms with E-state index in [-0.39, 0.29) is 22.6 Å². The van der Waals surface area contributed by atoms with Crippen molar-refractivity contribution >= 4 is 15.9 Å². The van der Waals surface area contributed by atoms with E-state index in [1.165, 1.54) is 13.2 Å². The molecule has 25 heavy (non-hydrogen) atoms. The maximum Gasteiger partial charge on any atom is 0.253 e. The van der Waals surface area contributed by atoms with Gasteiger partial charge >= 0.3 is 0 Å². The molecule has 3 rings (SSSR count). The van der Waals surface area contributed by atoms with E-state index >= 15 is 0 Å². The lowest BCUT2D eigenvalue weighted by Crippen LogP contribution is -2.42. The molecule has 0 N–H and O–H groups in total. The van der Waals surface area contributed by atoms with Gasteiger partial charge in [0.2, 0.25) is 10.0 Å². The van der Waals surface area contributed by atoms with Crippen molar-refractivity contribution < 1.29 is 17.9 Å². The minimum atomic E-state index is -3.70. The molecule has 1 aromatic rings. The highest BCUT2D eigenvalue weighted by Crippen LogP contribution is 2.32. The maximum atomic E-state index is 13.2. The van der Waals surface area contributed by atoms with E-state index < -0.39 is 10.0 Å². The Labute approximate surface area is 149 Å². The summed E-state index contributed by atoms with van der Waals surface area (Å²) < 4.78 is 33.2. The minimum Gasteiger partial charge on any atom is -0.495 e. The van der Waals surface area contributed by atoms with Gasteiger partial charge in [-0.2, -0.15) is 4.31 Å². The molecule has 0 bridgehead atoms. The van der Waals surface area contributed by atoms with Crippen LogP contribution in [0.2, 0.25) is 0 Å². The quantitative estimate of drug-likeness (QED) is 0.821. The van der Waals surface area contributed by atoms with Crippen molar-refractivity contribution in [2.45, 2.75) is 50.0 Å². The van der Waals surface area contributed by atoms with E-state index in [1.54, 1.807) is 21.3 Å². The third-order valence-electron chi connectivity index (χ3n) is 5.13. The number of piperidine rings is 1. The van der Waals surface area contributed by atoms with Crippen LogP contribution in [-0.4, -0.2) is 56.3 Å². The molecule has 1 aromatic carbocycles. The Morgan fingerprint density at radius 3 is 2.44 bits per heavy atom. The molecule has 7 heteroatoms. The van der Waals surface area contributed by atoms with Gasteiger partial charge in [-0.15, -0.1) is 0 Å². The van der Waals surface area contributed by atoms with Gasteiger partial charge in [-0.25, -0.2) is 8.42 Å². The fraction of sp³-hybridized carbons (Fsp3) is 0.611. The van der Waals surface area contributed by atoms with Crippen LogP contribution in [0.1, 0.15) is 49.4 Å². The largest absolute Gasteiger partial charge is 0.495 e. The Balaban J connectivity index is 1.98. The van der Waals surface area contributed by atoms with Gasteiger partial charge in [-0.3, -0.25) is 4.79 Å². The summed E-state index contributed by atoms with van der Waals surface area (Å²) >= 11 is 0. The number of rotatable bonds is 4. The van der Waals surface area contributed by atoms with Crippen molar-refractivity contribution in [3.63, 3.8) is 0 Å². The third kappa shape index (κ3) is 3.53. The molecule has 2 heterocycles. The van der Waals surface area contributed by atoms with Crippen LogP contribution in [0.5, 0.6) is 5.75 Å². The molecule has 2 aliphatic heterocycles. The number of carbonyl (C=O) groups excluding carboxylic acids is 1. The van der Waals surface area contributed by atoms with E-state index in [9.17, 15) is 13.2 Å². The smallest absolute Gasteiger partial charge is 0.253 e. The molecule has 0 saturated carbocycles. The summed E-state index contributed by atoms with van der Waals surface area (Å²) in [6.45, 7) is 3.91. The molecule has 1 amide bonds. The Hall–Kier alpha value is -1.60. The molecule has 138 valence electrons. The van der Waals surface area contributed by atoms with Crippen molar-refractivity contribution in [1.82, 2.24) is 9.21 Å². The summed E-state index contributed by atoms with van der Waals surface area (Å²) in [7, 11) is -2.24. The Morgan fingerprint density at radius 1 is 1.12 bits per heavy atom. The fourth-order valence-corrected chi connectivity index (χ4v) is 5.55. The molecule has 2 aliphatic rings. The average Bonchev–Trinajstić information content (AvgIpc) is 3.15. The number of methoxy groups -OCH3 is 1. The molecule has 0 unspecified atom stereocenters. The first kappa shape index (κ1) is 18.2. The number of amides is 1. The van der Waals surface area contributed by atoms with Crippen LogP contribution in [0, 0.1) is 0 Å². The van der Waals surface area contributed by atoms with Gasteiger partial charge < -0.3 is 9.64 Å². The summed E-state index contributed by atoms with van der Waals surface area (Å²) in [4.78, 5) is 14.5. The van der Waals surface area contributed by atoms with Crippen LogP contribution >= 0.6 is 0 Å². The number of ether oxygens (including phenoxy) is 1. The van der Waals surface area contributed by atoms with E-state index in [0.29, 0.717) is 12.1 Å². The first-order chi connectivity index (χ1) is 11.9. The summed E-state index contributed by atoms with van der Waals surface area (Å²) in [5.41, 5.74) is 0.408. The van der Waals surface area contributed by atoms with Crippen LogP contribution in [-0.2, 0) is 10.0 Å². The van der Waals surface area contributed by atoms with E-state index in [2.05, 4.69) is 0 Å². The van der Waals surface area contributed by atoms with Crippen LogP contribution in [0.15, 0.2) is 23.1 Å². The second-order valence-electron chi connectivity index (χ2n) is 6.83.